The molecule has 0 fully saturated rings. The van der Waals surface area contributed by atoms with Crippen LogP contribution in [0, 0.1) is 5.82 Å². The van der Waals surface area contributed by atoms with E-state index in [1.165, 1.54) is 18.4 Å². The van der Waals surface area contributed by atoms with Gasteiger partial charge in [0.15, 0.2) is 10.8 Å². The van der Waals surface area contributed by atoms with Gasteiger partial charge in [0.25, 0.3) is 5.88 Å². The van der Waals surface area contributed by atoms with E-state index in [1.807, 2.05) is 5.38 Å². The van der Waals surface area contributed by atoms with E-state index in [0.717, 1.165) is 16.9 Å². The third kappa shape index (κ3) is 3.75. The van der Waals surface area contributed by atoms with Crippen LogP contribution in [0.1, 0.15) is 5.69 Å². The molecule has 1 N–H and O–H groups in total. The van der Waals surface area contributed by atoms with E-state index in [4.69, 9.17) is 4.74 Å². The number of nitrogens with one attached hydrogen (secondary N) is 1. The van der Waals surface area contributed by atoms with Gasteiger partial charge in [-0.2, -0.15) is 9.37 Å². The molecule has 118 valence electrons. The predicted octanol–water partition coefficient (Wildman–Crippen LogP) is 2.19. The lowest BCUT2D eigenvalue weighted by atomic mass is 10.3. The van der Waals surface area contributed by atoms with E-state index < -0.39 is 5.82 Å². The normalized spacial score (nSPS) is 10.5. The summed E-state index contributed by atoms with van der Waals surface area (Å²) in [5.41, 5.74) is 0.916. The van der Waals surface area contributed by atoms with E-state index in [0.29, 0.717) is 24.7 Å². The number of thiazole rings is 1. The minimum Gasteiger partial charge on any atom is -0.479 e. The quantitative estimate of drug-likeness (QED) is 0.740. The van der Waals surface area contributed by atoms with Crippen molar-refractivity contribution in [2.24, 2.45) is 0 Å². The third-order valence-electron chi connectivity index (χ3n) is 2.88. The van der Waals surface area contributed by atoms with Crippen LogP contribution >= 0.6 is 11.3 Å². The molecule has 0 spiro atoms. The Hall–Kier alpha value is -2.68. The molecule has 0 radical (unpaired) electrons. The summed E-state index contributed by atoms with van der Waals surface area (Å²) in [5, 5.41) is 5.74. The highest BCUT2D eigenvalue weighted by atomic mass is 32.1. The molecule has 0 unspecified atom stereocenters. The molecule has 0 bridgehead atoms. The lowest BCUT2D eigenvalue weighted by Gasteiger charge is -2.05. The average molecular weight is 332 g/mol. The summed E-state index contributed by atoms with van der Waals surface area (Å²) in [5.74, 6) is 0.248. The van der Waals surface area contributed by atoms with Crippen molar-refractivity contribution in [2.45, 2.75) is 6.42 Å². The van der Waals surface area contributed by atoms with Crippen LogP contribution in [0.15, 0.2) is 30.0 Å². The van der Waals surface area contributed by atoms with Gasteiger partial charge in [0, 0.05) is 30.7 Å². The highest BCUT2D eigenvalue weighted by Gasteiger charge is 2.08. The number of nitrogens with zero attached hydrogens (tertiary/aromatic N) is 5. The standard InChI is InChI=1S/C14H13FN6OS/c1-22-12-10(15)7-19-14(21-12)18-6-3-9-8-23-13(20-9)11-16-4-2-5-17-11/h2,4-5,7-8H,3,6H2,1H3,(H,18,19,21). The Morgan fingerprint density at radius 3 is 2.83 bits per heavy atom. The summed E-state index contributed by atoms with van der Waals surface area (Å²) in [6, 6.07) is 1.76. The summed E-state index contributed by atoms with van der Waals surface area (Å²) >= 11 is 1.49. The maximum Gasteiger partial charge on any atom is 0.255 e. The van der Waals surface area contributed by atoms with Gasteiger partial charge in [0.1, 0.15) is 0 Å². The lowest BCUT2D eigenvalue weighted by molar-refractivity contribution is 0.368. The van der Waals surface area contributed by atoms with Crippen LogP contribution in [0.3, 0.4) is 0 Å². The highest BCUT2D eigenvalue weighted by molar-refractivity contribution is 7.13. The number of halogens is 1. The van der Waals surface area contributed by atoms with Crippen molar-refractivity contribution in [1.29, 1.82) is 0 Å². The number of hydrogen-bond donors (Lipinski definition) is 1. The molecule has 0 amide bonds. The summed E-state index contributed by atoms with van der Waals surface area (Å²) in [6.07, 6.45) is 5.11. The zero-order valence-corrected chi connectivity index (χ0v) is 13.0. The molecule has 3 aromatic heterocycles. The predicted molar refractivity (Wildman–Crippen MR) is 83.9 cm³/mol. The Kier molecular flexibility index (Phi) is 4.67. The van der Waals surface area contributed by atoms with E-state index >= 15 is 0 Å². The number of methoxy groups -OCH3 is 1. The number of anilines is 1. The summed E-state index contributed by atoms with van der Waals surface area (Å²) < 4.78 is 18.0. The molecule has 23 heavy (non-hydrogen) atoms. The molecule has 0 aliphatic rings. The second kappa shape index (κ2) is 7.05. The maximum absolute atomic E-state index is 13.2. The van der Waals surface area contributed by atoms with Gasteiger partial charge >= 0.3 is 0 Å². The molecule has 0 saturated heterocycles. The van der Waals surface area contributed by atoms with Gasteiger partial charge in [-0.15, -0.1) is 11.3 Å². The van der Waals surface area contributed by atoms with Crippen molar-refractivity contribution in [2.75, 3.05) is 19.0 Å². The van der Waals surface area contributed by atoms with Gasteiger partial charge in [-0.3, -0.25) is 0 Å². The number of hydrogen-bond acceptors (Lipinski definition) is 8. The monoisotopic (exact) mass is 332 g/mol. The second-order valence-electron chi connectivity index (χ2n) is 4.44. The SMILES string of the molecule is COc1nc(NCCc2csc(-c3ncccn3)n2)ncc1F. The molecular formula is C14H13FN6OS. The highest BCUT2D eigenvalue weighted by Crippen LogP contribution is 2.20. The first-order valence-electron chi connectivity index (χ1n) is 6.78. The zero-order valence-electron chi connectivity index (χ0n) is 12.2. The van der Waals surface area contributed by atoms with Gasteiger partial charge in [-0.1, -0.05) is 0 Å². The van der Waals surface area contributed by atoms with E-state index in [2.05, 4.69) is 30.2 Å². The Balaban J connectivity index is 1.58. The molecule has 0 atom stereocenters. The van der Waals surface area contributed by atoms with Crippen LogP contribution in [0.5, 0.6) is 5.88 Å². The first-order chi connectivity index (χ1) is 11.3. The Morgan fingerprint density at radius 2 is 2.04 bits per heavy atom. The molecule has 3 aromatic rings. The molecule has 0 aliphatic carbocycles. The number of aromatic nitrogens is 5. The first kappa shape index (κ1) is 15.2. The van der Waals surface area contributed by atoms with Crippen LogP contribution in [-0.4, -0.2) is 38.6 Å². The number of rotatable bonds is 6. The van der Waals surface area contributed by atoms with Crippen LogP contribution in [-0.2, 0) is 6.42 Å². The minimum atomic E-state index is -0.593. The summed E-state index contributed by atoms with van der Waals surface area (Å²) in [4.78, 5) is 20.6. The average Bonchev–Trinajstić information content (AvgIpc) is 3.06. The molecule has 0 aliphatic heterocycles. The zero-order chi connectivity index (χ0) is 16.1. The van der Waals surface area contributed by atoms with Crippen molar-refractivity contribution < 1.29 is 9.13 Å². The van der Waals surface area contributed by atoms with Gasteiger partial charge in [0.05, 0.1) is 19.0 Å². The first-order valence-corrected chi connectivity index (χ1v) is 7.66. The number of ether oxygens (including phenoxy) is 1. The second-order valence-corrected chi connectivity index (χ2v) is 5.30. The topological polar surface area (TPSA) is 85.7 Å². The fourth-order valence-electron chi connectivity index (χ4n) is 1.82. The van der Waals surface area contributed by atoms with Crippen molar-refractivity contribution in [3.63, 3.8) is 0 Å². The lowest BCUT2D eigenvalue weighted by Crippen LogP contribution is -2.09. The molecule has 7 nitrogen and oxygen atoms in total. The summed E-state index contributed by atoms with van der Waals surface area (Å²) in [6.45, 7) is 0.563. The van der Waals surface area contributed by atoms with Crippen molar-refractivity contribution >= 4 is 17.3 Å². The van der Waals surface area contributed by atoms with Gasteiger partial charge in [0.2, 0.25) is 11.8 Å². The van der Waals surface area contributed by atoms with Gasteiger partial charge in [-0.05, 0) is 6.07 Å². The molecular weight excluding hydrogens is 319 g/mol. The van der Waals surface area contributed by atoms with Crippen LogP contribution in [0.4, 0.5) is 10.3 Å². The van der Waals surface area contributed by atoms with E-state index in [-0.39, 0.29) is 5.88 Å². The molecule has 3 rings (SSSR count). The Bertz CT molecular complexity index is 782. The van der Waals surface area contributed by atoms with Crippen LogP contribution in [0.2, 0.25) is 0 Å². The third-order valence-corrected chi connectivity index (χ3v) is 3.77. The molecule has 0 aromatic carbocycles. The Labute approximate surface area is 135 Å². The fraction of sp³-hybridized carbons (Fsp3) is 0.214. The Morgan fingerprint density at radius 1 is 1.22 bits per heavy atom. The smallest absolute Gasteiger partial charge is 0.255 e. The molecule has 3 heterocycles. The molecule has 9 heteroatoms. The van der Waals surface area contributed by atoms with Crippen molar-refractivity contribution in [3.8, 4) is 16.7 Å². The van der Waals surface area contributed by atoms with E-state index in [1.54, 1.807) is 18.5 Å². The van der Waals surface area contributed by atoms with Crippen molar-refractivity contribution in [1.82, 2.24) is 24.9 Å². The van der Waals surface area contributed by atoms with Crippen LogP contribution < -0.4 is 10.1 Å². The molecule has 0 saturated carbocycles. The van der Waals surface area contributed by atoms with Gasteiger partial charge < -0.3 is 10.1 Å². The summed E-state index contributed by atoms with van der Waals surface area (Å²) in [7, 11) is 1.36. The maximum atomic E-state index is 13.2. The van der Waals surface area contributed by atoms with E-state index in [9.17, 15) is 4.39 Å². The van der Waals surface area contributed by atoms with Crippen LogP contribution in [0.25, 0.3) is 10.8 Å². The van der Waals surface area contributed by atoms with Crippen molar-refractivity contribution in [3.05, 3.63) is 41.5 Å². The largest absolute Gasteiger partial charge is 0.479 e. The van der Waals surface area contributed by atoms with Gasteiger partial charge in [-0.25, -0.2) is 19.9 Å². The minimum absolute atomic E-state index is 0.0836. The fourth-order valence-corrected chi connectivity index (χ4v) is 2.62.